The molecular formula is C23H35N3O3. The molecule has 0 radical (unpaired) electrons. The van der Waals surface area contributed by atoms with Crippen molar-refractivity contribution in [3.63, 3.8) is 0 Å². The summed E-state index contributed by atoms with van der Waals surface area (Å²) in [6, 6.07) is 13.7. The number of nitrogens with two attached hydrogens (primary N) is 2. The van der Waals surface area contributed by atoms with Crippen molar-refractivity contribution < 1.29 is 14.3 Å². The van der Waals surface area contributed by atoms with Gasteiger partial charge in [-0.25, -0.2) is 0 Å². The number of nitrogens with one attached hydrogen (secondary N) is 1. The van der Waals surface area contributed by atoms with Gasteiger partial charge >= 0.3 is 0 Å². The van der Waals surface area contributed by atoms with E-state index in [1.807, 2.05) is 44.3 Å². The number of benzene rings is 2. The lowest BCUT2D eigenvalue weighted by Crippen LogP contribution is -1.99. The molecule has 1 aliphatic rings. The molecule has 2 aromatic rings. The van der Waals surface area contributed by atoms with Crippen LogP contribution in [0, 0.1) is 6.92 Å². The van der Waals surface area contributed by atoms with Crippen LogP contribution < -0.4 is 21.5 Å². The Morgan fingerprint density at radius 3 is 2.28 bits per heavy atom. The molecule has 1 aliphatic heterocycles. The Balaban J connectivity index is 0.000000450. The van der Waals surface area contributed by atoms with E-state index in [9.17, 15) is 4.79 Å². The highest BCUT2D eigenvalue weighted by molar-refractivity contribution is 5.72. The second-order valence-electron chi connectivity index (χ2n) is 6.06. The van der Waals surface area contributed by atoms with Crippen LogP contribution >= 0.6 is 0 Å². The molecule has 3 rings (SSSR count). The van der Waals surface area contributed by atoms with Crippen molar-refractivity contribution in [2.24, 2.45) is 5.73 Å². The second kappa shape index (κ2) is 15.0. The number of ketones is 1. The molecule has 0 saturated carbocycles. The molecule has 0 spiro atoms. The van der Waals surface area contributed by atoms with Gasteiger partial charge in [0.15, 0.2) is 6.73 Å². The number of hydrogen-bond donors (Lipinski definition) is 3. The Kier molecular flexibility index (Phi) is 13.4. The summed E-state index contributed by atoms with van der Waals surface area (Å²) in [5, 5.41) is 2.97. The van der Waals surface area contributed by atoms with Crippen molar-refractivity contribution in [2.45, 2.75) is 41.2 Å². The zero-order chi connectivity index (χ0) is 22.2. The van der Waals surface area contributed by atoms with Gasteiger partial charge in [0, 0.05) is 24.5 Å². The Labute approximate surface area is 174 Å². The normalized spacial score (nSPS) is 10.9. The third-order valence-corrected chi connectivity index (χ3v) is 3.35. The summed E-state index contributed by atoms with van der Waals surface area (Å²) in [6.45, 7) is 10.3. The van der Waals surface area contributed by atoms with Crippen molar-refractivity contribution in [1.29, 1.82) is 0 Å². The van der Waals surface area contributed by atoms with Gasteiger partial charge in [-0.3, -0.25) is 0 Å². The molecule has 29 heavy (non-hydrogen) atoms. The minimum Gasteiger partial charge on any atom is -0.496 e. The van der Waals surface area contributed by atoms with Gasteiger partial charge in [-0.1, -0.05) is 43.7 Å². The van der Waals surface area contributed by atoms with E-state index in [-0.39, 0.29) is 5.78 Å². The summed E-state index contributed by atoms with van der Waals surface area (Å²) in [5.74, 6) is 1.67. The summed E-state index contributed by atoms with van der Waals surface area (Å²) in [5.41, 5.74) is 15.1. The Morgan fingerprint density at radius 2 is 1.83 bits per heavy atom. The van der Waals surface area contributed by atoms with E-state index in [1.165, 1.54) is 25.0 Å². The fourth-order valence-corrected chi connectivity index (χ4v) is 2.20. The summed E-state index contributed by atoms with van der Waals surface area (Å²) in [4.78, 5) is 9.44. The van der Waals surface area contributed by atoms with Gasteiger partial charge in [0.2, 0.25) is 0 Å². The Hall–Kier alpha value is -2.99. The molecule has 0 unspecified atom stereocenters. The molecule has 0 aliphatic carbocycles. The highest BCUT2D eigenvalue weighted by Gasteiger charge is 2.13. The maximum Gasteiger partial charge on any atom is 0.158 e. The second-order valence-corrected chi connectivity index (χ2v) is 6.06. The zero-order valence-corrected chi connectivity index (χ0v) is 18.4. The van der Waals surface area contributed by atoms with Crippen molar-refractivity contribution >= 4 is 17.2 Å². The summed E-state index contributed by atoms with van der Waals surface area (Å²) in [7, 11) is 1.61. The highest BCUT2D eigenvalue weighted by Crippen LogP contribution is 2.29. The number of ether oxygens (including phenoxy) is 2. The number of rotatable bonds is 3. The van der Waals surface area contributed by atoms with Crippen molar-refractivity contribution in [2.75, 3.05) is 19.6 Å². The number of anilines is 1. The van der Waals surface area contributed by atoms with Crippen LogP contribution in [-0.2, 0) is 16.1 Å². The fraction of sp³-hybridized carbons (Fsp3) is 0.348. The Morgan fingerprint density at radius 1 is 1.17 bits per heavy atom. The smallest absolute Gasteiger partial charge is 0.158 e. The quantitative estimate of drug-likeness (QED) is 0.666. The lowest BCUT2D eigenvalue weighted by molar-refractivity contribution is -0.114. The summed E-state index contributed by atoms with van der Waals surface area (Å²) in [6.07, 6.45) is 1.81. The molecule has 0 fully saturated rings. The number of carbonyl (C=O) groups is 1. The predicted molar refractivity (Wildman–Crippen MR) is 121 cm³/mol. The van der Waals surface area contributed by atoms with Crippen LogP contribution in [-0.4, -0.2) is 19.6 Å². The average Bonchev–Trinajstić information content (AvgIpc) is 3.24. The average molecular weight is 402 g/mol. The molecule has 1 heterocycles. The molecule has 160 valence electrons. The first kappa shape index (κ1) is 26.0. The molecule has 0 atom stereocenters. The van der Waals surface area contributed by atoms with Crippen LogP contribution in [0.25, 0.3) is 5.76 Å². The van der Waals surface area contributed by atoms with E-state index in [4.69, 9.17) is 20.9 Å². The van der Waals surface area contributed by atoms with Gasteiger partial charge in [0.05, 0.1) is 12.7 Å². The van der Waals surface area contributed by atoms with Gasteiger partial charge in [0.1, 0.15) is 17.3 Å². The first-order chi connectivity index (χ1) is 13.9. The summed E-state index contributed by atoms with van der Waals surface area (Å²) < 4.78 is 10.6. The molecule has 2 aromatic carbocycles. The largest absolute Gasteiger partial charge is 0.496 e. The van der Waals surface area contributed by atoms with Gasteiger partial charge in [-0.05, 0) is 38.5 Å². The molecule has 6 nitrogen and oxygen atoms in total. The molecule has 0 bridgehead atoms. The van der Waals surface area contributed by atoms with E-state index in [2.05, 4.69) is 24.4 Å². The first-order valence-corrected chi connectivity index (χ1v) is 9.60. The minimum absolute atomic E-state index is 0.167. The molecule has 6 heteroatoms. The minimum atomic E-state index is 0.167. The molecule has 0 amide bonds. The van der Waals surface area contributed by atoms with Crippen LogP contribution in [0.3, 0.4) is 0 Å². The molecule has 5 N–H and O–H groups in total. The van der Waals surface area contributed by atoms with Crippen LogP contribution in [0.5, 0.6) is 5.75 Å². The summed E-state index contributed by atoms with van der Waals surface area (Å²) >= 11 is 0. The SMILES string of the molecule is CC.CC(C)=O.COc1cc(N)ccc1C1=CNCO1.Cc1cccc(CN)c1. The highest BCUT2D eigenvalue weighted by atomic mass is 16.5. The van der Waals surface area contributed by atoms with Crippen molar-refractivity contribution in [1.82, 2.24) is 5.32 Å². The van der Waals surface area contributed by atoms with Crippen LogP contribution in [0.1, 0.15) is 44.4 Å². The lowest BCUT2D eigenvalue weighted by atomic mass is 10.1. The standard InChI is InChI=1S/C10H12N2O2.C8H11N.C3H6O.C2H6/c1-13-9-4-7(11)2-3-8(9)10-5-12-6-14-10;1-7-3-2-4-8(5-7)6-9;1-3(2)4;1-2/h2-5,12H,6,11H2,1H3;2-5H,6,9H2,1H3;1-2H3;1-2H3. The third-order valence-electron chi connectivity index (χ3n) is 3.35. The number of carbonyl (C=O) groups excluding carboxylic acids is 1. The van der Waals surface area contributed by atoms with E-state index in [0.29, 0.717) is 19.0 Å². The first-order valence-electron chi connectivity index (χ1n) is 9.60. The maximum absolute atomic E-state index is 9.44. The molecule has 0 saturated heterocycles. The third kappa shape index (κ3) is 10.8. The Bertz CT molecular complexity index is 770. The topological polar surface area (TPSA) is 99.6 Å². The number of methoxy groups -OCH3 is 1. The number of hydrogen-bond acceptors (Lipinski definition) is 6. The molecule has 0 aromatic heterocycles. The van der Waals surface area contributed by atoms with Gasteiger partial charge in [0.25, 0.3) is 0 Å². The van der Waals surface area contributed by atoms with Gasteiger partial charge in [-0.15, -0.1) is 0 Å². The van der Waals surface area contributed by atoms with E-state index in [1.54, 1.807) is 13.2 Å². The van der Waals surface area contributed by atoms with E-state index in [0.717, 1.165) is 17.1 Å². The van der Waals surface area contributed by atoms with E-state index >= 15 is 0 Å². The number of Topliss-reactive ketones (excluding diaryl/α,β-unsaturated/α-hetero) is 1. The van der Waals surface area contributed by atoms with E-state index < -0.39 is 0 Å². The zero-order valence-electron chi connectivity index (χ0n) is 18.4. The molecular weight excluding hydrogens is 366 g/mol. The monoisotopic (exact) mass is 401 g/mol. The maximum atomic E-state index is 9.44. The van der Waals surface area contributed by atoms with Crippen LogP contribution in [0.4, 0.5) is 5.69 Å². The van der Waals surface area contributed by atoms with Crippen LogP contribution in [0.15, 0.2) is 48.7 Å². The van der Waals surface area contributed by atoms with Gasteiger partial charge in [-0.2, -0.15) is 0 Å². The van der Waals surface area contributed by atoms with Crippen LogP contribution in [0.2, 0.25) is 0 Å². The number of aryl methyl sites for hydroxylation is 1. The predicted octanol–water partition coefficient (Wildman–Crippen LogP) is 4.23. The number of nitrogen functional groups attached to an aromatic ring is 1. The lowest BCUT2D eigenvalue weighted by Gasteiger charge is -2.09. The van der Waals surface area contributed by atoms with Crippen molar-refractivity contribution in [3.05, 3.63) is 65.4 Å². The fourth-order valence-electron chi connectivity index (χ4n) is 2.20. The van der Waals surface area contributed by atoms with Crippen molar-refractivity contribution in [3.8, 4) is 5.75 Å². The van der Waals surface area contributed by atoms with Gasteiger partial charge < -0.3 is 31.1 Å².